The van der Waals surface area contributed by atoms with Gasteiger partial charge >= 0.3 is 5.97 Å². The van der Waals surface area contributed by atoms with Gasteiger partial charge in [-0.2, -0.15) is 0 Å². The first-order valence-electron chi connectivity index (χ1n) is 5.62. The maximum atomic E-state index is 13.7. The molecule has 0 aliphatic carbocycles. The van der Waals surface area contributed by atoms with Crippen LogP contribution in [0.25, 0.3) is 0 Å². The van der Waals surface area contributed by atoms with Gasteiger partial charge in [0, 0.05) is 6.26 Å². The molecule has 0 aliphatic heterocycles. The summed E-state index contributed by atoms with van der Waals surface area (Å²) in [4.78, 5) is 10.9. The monoisotopic (exact) mass is 289 g/mol. The highest BCUT2D eigenvalue weighted by atomic mass is 32.2. The van der Waals surface area contributed by atoms with Crippen molar-refractivity contribution in [2.45, 2.75) is 24.8 Å². The SMILES string of the molecule is CC(C)[C@@H](Nc1ccc(S(C)(=O)=O)cc1F)C(=O)O. The molecule has 1 aromatic carbocycles. The van der Waals surface area contributed by atoms with E-state index >= 15 is 0 Å². The van der Waals surface area contributed by atoms with Crippen LogP contribution in [0.15, 0.2) is 23.1 Å². The molecule has 1 aromatic rings. The molecule has 0 spiro atoms. The summed E-state index contributed by atoms with van der Waals surface area (Å²) < 4.78 is 36.3. The van der Waals surface area contributed by atoms with Crippen molar-refractivity contribution in [1.29, 1.82) is 0 Å². The minimum atomic E-state index is -3.49. The van der Waals surface area contributed by atoms with Crippen molar-refractivity contribution in [3.05, 3.63) is 24.0 Å². The van der Waals surface area contributed by atoms with Crippen LogP contribution < -0.4 is 5.32 Å². The van der Waals surface area contributed by atoms with Gasteiger partial charge in [-0.25, -0.2) is 17.6 Å². The Kier molecular flexibility index (Phi) is 4.52. The number of aliphatic carboxylic acids is 1. The van der Waals surface area contributed by atoms with Crippen molar-refractivity contribution in [2.75, 3.05) is 11.6 Å². The summed E-state index contributed by atoms with van der Waals surface area (Å²) in [5.74, 6) is -2.14. The van der Waals surface area contributed by atoms with Gasteiger partial charge in [-0.15, -0.1) is 0 Å². The Bertz CT molecular complexity index is 583. The molecule has 0 radical (unpaired) electrons. The van der Waals surface area contributed by atoms with E-state index < -0.39 is 27.7 Å². The lowest BCUT2D eigenvalue weighted by Gasteiger charge is -2.19. The molecule has 0 amide bonds. The van der Waals surface area contributed by atoms with Crippen LogP contribution in [-0.2, 0) is 14.6 Å². The average molecular weight is 289 g/mol. The van der Waals surface area contributed by atoms with Crippen LogP contribution in [0.1, 0.15) is 13.8 Å². The van der Waals surface area contributed by atoms with E-state index in [4.69, 9.17) is 5.11 Å². The summed E-state index contributed by atoms with van der Waals surface area (Å²) in [6.45, 7) is 3.38. The van der Waals surface area contributed by atoms with Gasteiger partial charge in [0.15, 0.2) is 9.84 Å². The van der Waals surface area contributed by atoms with E-state index in [1.165, 1.54) is 12.1 Å². The largest absolute Gasteiger partial charge is 0.480 e. The van der Waals surface area contributed by atoms with Crippen LogP contribution in [0, 0.1) is 11.7 Å². The molecule has 19 heavy (non-hydrogen) atoms. The molecule has 5 nitrogen and oxygen atoms in total. The number of rotatable bonds is 5. The van der Waals surface area contributed by atoms with Crippen LogP contribution in [0.3, 0.4) is 0 Å². The van der Waals surface area contributed by atoms with E-state index in [0.717, 1.165) is 12.3 Å². The summed E-state index contributed by atoms with van der Waals surface area (Å²) in [7, 11) is -3.49. The molecule has 0 fully saturated rings. The highest BCUT2D eigenvalue weighted by Crippen LogP contribution is 2.21. The standard InChI is InChI=1S/C12H16FNO4S/c1-7(2)11(12(15)16)14-10-5-4-8(6-9(10)13)19(3,17)18/h4-7,11,14H,1-3H3,(H,15,16)/t11-/m1/s1. The van der Waals surface area contributed by atoms with Crippen LogP contribution in [0.5, 0.6) is 0 Å². The maximum Gasteiger partial charge on any atom is 0.326 e. The Morgan fingerprint density at radius 1 is 1.37 bits per heavy atom. The zero-order valence-corrected chi connectivity index (χ0v) is 11.7. The number of sulfone groups is 1. The number of carboxylic acid groups (broad SMARTS) is 1. The van der Waals surface area contributed by atoms with Gasteiger partial charge in [-0.05, 0) is 24.1 Å². The molecule has 106 valence electrons. The molecule has 0 heterocycles. The molecule has 1 atom stereocenters. The van der Waals surface area contributed by atoms with E-state index in [1.807, 2.05) is 0 Å². The van der Waals surface area contributed by atoms with Gasteiger partial charge in [-0.1, -0.05) is 13.8 Å². The van der Waals surface area contributed by atoms with Gasteiger partial charge in [0.1, 0.15) is 11.9 Å². The number of hydrogen-bond acceptors (Lipinski definition) is 4. The smallest absolute Gasteiger partial charge is 0.326 e. The Morgan fingerprint density at radius 2 is 1.95 bits per heavy atom. The molecule has 0 unspecified atom stereocenters. The quantitative estimate of drug-likeness (QED) is 0.862. The van der Waals surface area contributed by atoms with Crippen molar-refractivity contribution in [3.8, 4) is 0 Å². The van der Waals surface area contributed by atoms with Crippen LogP contribution in [0.4, 0.5) is 10.1 Å². The fourth-order valence-corrected chi connectivity index (χ4v) is 2.16. The normalized spacial score (nSPS) is 13.3. The number of hydrogen-bond donors (Lipinski definition) is 2. The van der Waals surface area contributed by atoms with Gasteiger partial charge in [0.25, 0.3) is 0 Å². The van der Waals surface area contributed by atoms with Crippen molar-refractivity contribution in [2.24, 2.45) is 5.92 Å². The summed E-state index contributed by atoms with van der Waals surface area (Å²) in [5.41, 5.74) is -0.0338. The minimum Gasteiger partial charge on any atom is -0.480 e. The number of carboxylic acids is 1. The molecule has 0 aromatic heterocycles. The van der Waals surface area contributed by atoms with Gasteiger partial charge in [0.05, 0.1) is 10.6 Å². The number of anilines is 1. The van der Waals surface area contributed by atoms with Gasteiger partial charge < -0.3 is 10.4 Å². The van der Waals surface area contributed by atoms with Crippen molar-refractivity contribution in [3.63, 3.8) is 0 Å². The lowest BCUT2D eigenvalue weighted by molar-refractivity contribution is -0.138. The highest BCUT2D eigenvalue weighted by Gasteiger charge is 2.22. The second-order valence-electron chi connectivity index (χ2n) is 4.62. The van der Waals surface area contributed by atoms with Crippen LogP contribution in [0.2, 0.25) is 0 Å². The fraction of sp³-hybridized carbons (Fsp3) is 0.417. The van der Waals surface area contributed by atoms with Gasteiger partial charge in [0.2, 0.25) is 0 Å². The molecule has 0 bridgehead atoms. The molecule has 0 saturated carbocycles. The van der Waals surface area contributed by atoms with E-state index in [-0.39, 0.29) is 16.5 Å². The first-order chi connectivity index (χ1) is 8.62. The van der Waals surface area contributed by atoms with Crippen LogP contribution in [-0.4, -0.2) is 31.8 Å². The number of carbonyl (C=O) groups is 1. The minimum absolute atomic E-state index is 0.0338. The molecule has 2 N–H and O–H groups in total. The second kappa shape index (κ2) is 5.56. The Hall–Kier alpha value is -1.63. The molecular formula is C12H16FNO4S. The lowest BCUT2D eigenvalue weighted by Crippen LogP contribution is -2.34. The fourth-order valence-electron chi connectivity index (χ4n) is 1.52. The number of nitrogens with one attached hydrogen (secondary N) is 1. The van der Waals surface area contributed by atoms with Crippen molar-refractivity contribution in [1.82, 2.24) is 0 Å². The highest BCUT2D eigenvalue weighted by molar-refractivity contribution is 7.90. The third-order valence-corrected chi connectivity index (χ3v) is 3.72. The number of halogens is 1. The first kappa shape index (κ1) is 15.4. The molecule has 1 rings (SSSR count). The third kappa shape index (κ3) is 3.92. The maximum absolute atomic E-state index is 13.7. The second-order valence-corrected chi connectivity index (χ2v) is 6.63. The lowest BCUT2D eigenvalue weighted by atomic mass is 10.0. The molecular weight excluding hydrogens is 273 g/mol. The summed E-state index contributed by atoms with van der Waals surface area (Å²) in [6, 6.07) is 2.39. The average Bonchev–Trinajstić information content (AvgIpc) is 2.24. The predicted octanol–water partition coefficient (Wildman–Crippen LogP) is 1.75. The molecule has 0 aliphatic rings. The van der Waals surface area contributed by atoms with E-state index in [2.05, 4.69) is 5.32 Å². The van der Waals surface area contributed by atoms with Crippen molar-refractivity contribution >= 4 is 21.5 Å². The zero-order valence-electron chi connectivity index (χ0n) is 10.8. The summed E-state index contributed by atoms with van der Waals surface area (Å²) >= 11 is 0. The molecule has 7 heteroatoms. The Labute approximate surface area is 111 Å². The van der Waals surface area contributed by atoms with Gasteiger partial charge in [-0.3, -0.25) is 0 Å². The summed E-state index contributed by atoms with van der Waals surface area (Å²) in [5, 5.41) is 11.6. The zero-order chi connectivity index (χ0) is 14.8. The van der Waals surface area contributed by atoms with Crippen LogP contribution >= 0.6 is 0 Å². The Morgan fingerprint density at radius 3 is 2.32 bits per heavy atom. The predicted molar refractivity (Wildman–Crippen MR) is 69.4 cm³/mol. The Balaban J connectivity index is 3.07. The molecule has 0 saturated heterocycles. The van der Waals surface area contributed by atoms with Crippen molar-refractivity contribution < 1.29 is 22.7 Å². The van der Waals surface area contributed by atoms with E-state index in [0.29, 0.717) is 0 Å². The van der Waals surface area contributed by atoms with E-state index in [1.54, 1.807) is 13.8 Å². The van der Waals surface area contributed by atoms with E-state index in [9.17, 15) is 17.6 Å². The summed E-state index contributed by atoms with van der Waals surface area (Å²) in [6.07, 6.45) is 0.975. The number of benzene rings is 1. The first-order valence-corrected chi connectivity index (χ1v) is 7.51. The third-order valence-electron chi connectivity index (χ3n) is 2.61. The topological polar surface area (TPSA) is 83.5 Å².